The summed E-state index contributed by atoms with van der Waals surface area (Å²) < 4.78 is 2.06. The summed E-state index contributed by atoms with van der Waals surface area (Å²) in [6.07, 6.45) is 2.02. The molecular weight excluding hydrogens is 599 g/mol. The third-order valence-electron chi connectivity index (χ3n) is 9.39. The van der Waals surface area contributed by atoms with Gasteiger partial charge in [-0.15, -0.1) is 0 Å². The highest BCUT2D eigenvalue weighted by molar-refractivity contribution is 6.09. The van der Waals surface area contributed by atoms with Gasteiger partial charge in [0.05, 0.1) is 17.1 Å². The Morgan fingerprint density at radius 3 is 1.61 bits per heavy atom. The molecule has 0 radical (unpaired) electrons. The van der Waals surface area contributed by atoms with Gasteiger partial charge < -0.3 is 0 Å². The number of imidazole rings is 1. The molecule has 10 rings (SSSR count). The van der Waals surface area contributed by atoms with Crippen molar-refractivity contribution in [3.05, 3.63) is 164 Å². The topological polar surface area (TPSA) is 56.0 Å². The number of pyridine rings is 2. The molecule has 4 heterocycles. The molecule has 0 aliphatic rings. The second-order valence-electron chi connectivity index (χ2n) is 12.4. The van der Waals surface area contributed by atoms with Gasteiger partial charge >= 0.3 is 0 Å². The first kappa shape index (κ1) is 27.4. The number of hydrogen-bond acceptors (Lipinski definition) is 4. The van der Waals surface area contributed by atoms with Crippen molar-refractivity contribution in [1.29, 1.82) is 0 Å². The van der Waals surface area contributed by atoms with Crippen molar-refractivity contribution in [2.45, 2.75) is 0 Å². The van der Waals surface area contributed by atoms with Crippen molar-refractivity contribution in [2.75, 3.05) is 0 Å². The van der Waals surface area contributed by atoms with E-state index in [2.05, 4.69) is 144 Å². The highest BCUT2D eigenvalue weighted by atomic mass is 15.1. The second kappa shape index (κ2) is 10.9. The van der Waals surface area contributed by atoms with Gasteiger partial charge in [0.25, 0.3) is 0 Å². The van der Waals surface area contributed by atoms with Crippen molar-refractivity contribution in [1.82, 2.24) is 24.3 Å². The minimum atomic E-state index is 0.676. The van der Waals surface area contributed by atoms with Gasteiger partial charge in [-0.25, -0.2) is 19.9 Å². The lowest BCUT2D eigenvalue weighted by molar-refractivity contribution is 1.18. The maximum atomic E-state index is 5.19. The molecule has 4 aromatic heterocycles. The Labute approximate surface area is 281 Å². The number of benzene rings is 6. The second-order valence-corrected chi connectivity index (χ2v) is 12.4. The van der Waals surface area contributed by atoms with Gasteiger partial charge in [-0.3, -0.25) is 4.40 Å². The molecule has 49 heavy (non-hydrogen) atoms. The first-order chi connectivity index (χ1) is 24.2. The molecule has 0 bridgehead atoms. The Balaban J connectivity index is 1.12. The Hall–Kier alpha value is -6.72. The van der Waals surface area contributed by atoms with E-state index < -0.39 is 0 Å². The molecule has 6 aromatic carbocycles. The van der Waals surface area contributed by atoms with E-state index >= 15 is 0 Å². The van der Waals surface area contributed by atoms with Crippen LogP contribution in [0.1, 0.15) is 0 Å². The standard InChI is InChI=1S/C44H27N5/c1-3-11-32-25-34(22-16-28(32)9-1)38-27-39(35-23-17-29-10-2-4-12-33(29)26-35)46-43(45-38)31-20-18-30(19-21-31)41-36-13-5-6-14-37(36)42-44(48-41)49-24-8-7-15-40(49)47-42/h1-27H. The van der Waals surface area contributed by atoms with E-state index in [1.165, 1.54) is 21.5 Å². The molecule has 10 aromatic rings. The summed E-state index contributed by atoms with van der Waals surface area (Å²) in [4.78, 5) is 20.4. The van der Waals surface area contributed by atoms with Crippen LogP contribution in [0.3, 0.4) is 0 Å². The normalized spacial score (nSPS) is 11.7. The van der Waals surface area contributed by atoms with Crippen LogP contribution in [0.15, 0.2) is 164 Å². The highest BCUT2D eigenvalue weighted by Gasteiger charge is 2.16. The van der Waals surface area contributed by atoms with Crippen molar-refractivity contribution >= 4 is 49.1 Å². The molecule has 0 amide bonds. The molecule has 0 unspecified atom stereocenters. The summed E-state index contributed by atoms with van der Waals surface area (Å²) in [6.45, 7) is 0. The molecule has 5 nitrogen and oxygen atoms in total. The van der Waals surface area contributed by atoms with Crippen LogP contribution in [0.5, 0.6) is 0 Å². The molecule has 0 atom stereocenters. The smallest absolute Gasteiger partial charge is 0.165 e. The molecule has 0 aliphatic carbocycles. The third-order valence-corrected chi connectivity index (χ3v) is 9.39. The molecule has 0 saturated carbocycles. The average molecular weight is 626 g/mol. The maximum Gasteiger partial charge on any atom is 0.165 e. The summed E-state index contributed by atoms with van der Waals surface area (Å²) in [5, 5.41) is 6.92. The minimum absolute atomic E-state index is 0.676. The van der Waals surface area contributed by atoms with Crippen LogP contribution in [0, 0.1) is 0 Å². The summed E-state index contributed by atoms with van der Waals surface area (Å²) in [5.74, 6) is 0.676. The zero-order chi connectivity index (χ0) is 32.3. The van der Waals surface area contributed by atoms with E-state index in [1.807, 2.05) is 24.4 Å². The van der Waals surface area contributed by atoms with Crippen molar-refractivity contribution in [3.63, 3.8) is 0 Å². The Kier molecular flexibility index (Phi) is 6.11. The van der Waals surface area contributed by atoms with E-state index in [0.717, 1.165) is 66.9 Å². The van der Waals surface area contributed by atoms with Gasteiger partial charge in [0.1, 0.15) is 11.2 Å². The van der Waals surface area contributed by atoms with E-state index in [4.69, 9.17) is 19.9 Å². The zero-order valence-electron chi connectivity index (χ0n) is 26.3. The lowest BCUT2D eigenvalue weighted by Gasteiger charge is -2.12. The van der Waals surface area contributed by atoms with E-state index in [-0.39, 0.29) is 0 Å². The fourth-order valence-corrected chi connectivity index (χ4v) is 6.90. The molecule has 0 saturated heterocycles. The molecule has 0 aliphatic heterocycles. The summed E-state index contributed by atoms with van der Waals surface area (Å²) in [6, 6.07) is 54.9. The van der Waals surface area contributed by atoms with Gasteiger partial charge in [-0.1, -0.05) is 127 Å². The van der Waals surface area contributed by atoms with E-state index in [1.54, 1.807) is 0 Å². The van der Waals surface area contributed by atoms with Crippen LogP contribution in [0.4, 0.5) is 0 Å². The summed E-state index contributed by atoms with van der Waals surface area (Å²) in [7, 11) is 0. The summed E-state index contributed by atoms with van der Waals surface area (Å²) in [5.41, 5.74) is 9.39. The van der Waals surface area contributed by atoms with E-state index in [9.17, 15) is 0 Å². The Morgan fingerprint density at radius 1 is 0.388 bits per heavy atom. The molecule has 228 valence electrons. The largest absolute Gasteiger partial charge is 0.284 e. The maximum absolute atomic E-state index is 5.19. The first-order valence-corrected chi connectivity index (χ1v) is 16.4. The van der Waals surface area contributed by atoms with Gasteiger partial charge in [-0.2, -0.15) is 0 Å². The highest BCUT2D eigenvalue weighted by Crippen LogP contribution is 2.35. The van der Waals surface area contributed by atoms with Gasteiger partial charge in [0.15, 0.2) is 11.5 Å². The number of rotatable bonds is 4. The lowest BCUT2D eigenvalue weighted by atomic mass is 10.0. The molecule has 0 spiro atoms. The Morgan fingerprint density at radius 2 is 0.939 bits per heavy atom. The zero-order valence-corrected chi connectivity index (χ0v) is 26.3. The van der Waals surface area contributed by atoms with Crippen LogP contribution < -0.4 is 0 Å². The van der Waals surface area contributed by atoms with Crippen LogP contribution in [-0.2, 0) is 0 Å². The van der Waals surface area contributed by atoms with E-state index in [0.29, 0.717) is 5.82 Å². The Bertz CT molecular complexity index is 2790. The summed E-state index contributed by atoms with van der Waals surface area (Å²) >= 11 is 0. The third kappa shape index (κ3) is 4.63. The fourth-order valence-electron chi connectivity index (χ4n) is 6.90. The van der Waals surface area contributed by atoms with Crippen molar-refractivity contribution < 1.29 is 0 Å². The molecule has 0 N–H and O–H groups in total. The van der Waals surface area contributed by atoms with Gasteiger partial charge in [-0.05, 0) is 51.9 Å². The SMILES string of the molecule is c1ccc2cc(-c3cc(-c4ccc5ccccc5c4)nc(-c4ccc(-c5nc6c(nc7ccccn76)c6ccccc56)cc4)n3)ccc2c1. The first-order valence-electron chi connectivity index (χ1n) is 16.4. The predicted octanol–water partition coefficient (Wildman–Crippen LogP) is 10.8. The molecule has 5 heteroatoms. The van der Waals surface area contributed by atoms with Crippen LogP contribution in [0.25, 0.3) is 94.3 Å². The predicted molar refractivity (Wildman–Crippen MR) is 200 cm³/mol. The number of hydrogen-bond donors (Lipinski definition) is 0. The van der Waals surface area contributed by atoms with Crippen molar-refractivity contribution in [3.8, 4) is 45.2 Å². The van der Waals surface area contributed by atoms with Crippen LogP contribution >= 0.6 is 0 Å². The van der Waals surface area contributed by atoms with Gasteiger partial charge in [0.2, 0.25) is 0 Å². The minimum Gasteiger partial charge on any atom is -0.284 e. The number of aromatic nitrogens is 5. The lowest BCUT2D eigenvalue weighted by Crippen LogP contribution is -1.96. The average Bonchev–Trinajstić information content (AvgIpc) is 3.56. The number of nitrogens with zero attached hydrogens (tertiary/aromatic N) is 5. The van der Waals surface area contributed by atoms with Gasteiger partial charge in [0, 0.05) is 39.2 Å². The monoisotopic (exact) mass is 625 g/mol. The van der Waals surface area contributed by atoms with Crippen LogP contribution in [0.2, 0.25) is 0 Å². The quantitative estimate of drug-likeness (QED) is 0.195. The van der Waals surface area contributed by atoms with Crippen LogP contribution in [-0.4, -0.2) is 24.3 Å². The van der Waals surface area contributed by atoms with Crippen molar-refractivity contribution in [2.24, 2.45) is 0 Å². The molecular formula is C44H27N5. The molecule has 0 fully saturated rings. The number of fused-ring (bicyclic) bond motifs is 7. The fraction of sp³-hybridized carbons (Fsp3) is 0.